The number of benzene rings is 1. The number of phenols is 1. The van der Waals surface area contributed by atoms with Crippen molar-refractivity contribution in [3.05, 3.63) is 28.8 Å². The van der Waals surface area contributed by atoms with Gasteiger partial charge in [0.05, 0.1) is 0 Å². The smallest absolute Gasteiger partial charge is 0.120 e. The van der Waals surface area contributed by atoms with Crippen molar-refractivity contribution in [3.8, 4) is 5.75 Å². The summed E-state index contributed by atoms with van der Waals surface area (Å²) in [5, 5.41) is 10.8. The van der Waals surface area contributed by atoms with Gasteiger partial charge in [0.25, 0.3) is 0 Å². The van der Waals surface area contributed by atoms with E-state index in [2.05, 4.69) is 11.8 Å². The Balaban J connectivity index is 1.74. The van der Waals surface area contributed by atoms with Gasteiger partial charge in [-0.05, 0) is 56.3 Å². The van der Waals surface area contributed by atoms with Gasteiger partial charge in [0.15, 0.2) is 0 Å². The van der Waals surface area contributed by atoms with E-state index < -0.39 is 0 Å². The highest BCUT2D eigenvalue weighted by Crippen LogP contribution is 2.40. The van der Waals surface area contributed by atoms with Gasteiger partial charge < -0.3 is 5.11 Å². The number of aromatic hydroxyl groups is 1. The number of phenolic OH excluding ortho intramolecular Hbond substituents is 1. The summed E-state index contributed by atoms with van der Waals surface area (Å²) in [4.78, 5) is 2.53. The molecule has 1 saturated heterocycles. The van der Waals surface area contributed by atoms with Crippen LogP contribution < -0.4 is 0 Å². The molecule has 2 nitrogen and oxygen atoms in total. The average molecular weight is 294 g/mol. The molecule has 1 heterocycles. The molecule has 3 heteroatoms. The number of hydrogen-bond donors (Lipinski definition) is 1. The lowest BCUT2D eigenvalue weighted by molar-refractivity contribution is 0.0609. The summed E-state index contributed by atoms with van der Waals surface area (Å²) in [6.07, 6.45) is 6.94. The number of piperidine rings is 1. The molecule has 0 spiro atoms. The Morgan fingerprint density at radius 2 is 1.95 bits per heavy atom. The lowest BCUT2D eigenvalue weighted by Crippen LogP contribution is -2.42. The normalized spacial score (nSPS) is 28.9. The summed E-state index contributed by atoms with van der Waals surface area (Å²) in [6, 6.07) is 5.62. The summed E-state index contributed by atoms with van der Waals surface area (Å²) < 4.78 is 0. The molecule has 1 aliphatic carbocycles. The van der Waals surface area contributed by atoms with Crippen molar-refractivity contribution in [3.63, 3.8) is 0 Å². The molecule has 110 valence electrons. The largest absolute Gasteiger partial charge is 0.508 e. The Bertz CT molecular complexity index is 476. The maximum absolute atomic E-state index is 10.1. The number of rotatable bonds is 2. The van der Waals surface area contributed by atoms with E-state index in [0.717, 1.165) is 23.9 Å². The van der Waals surface area contributed by atoms with Crippen LogP contribution in [0, 0.1) is 11.8 Å². The predicted molar refractivity (Wildman–Crippen MR) is 83.2 cm³/mol. The van der Waals surface area contributed by atoms with Crippen molar-refractivity contribution >= 4 is 11.6 Å². The van der Waals surface area contributed by atoms with E-state index in [9.17, 15) is 5.11 Å². The maximum Gasteiger partial charge on any atom is 0.120 e. The molecule has 3 atom stereocenters. The first-order chi connectivity index (χ1) is 9.65. The Labute approximate surface area is 126 Å². The average Bonchev–Trinajstić information content (AvgIpc) is 2.48. The van der Waals surface area contributed by atoms with Gasteiger partial charge in [-0.3, -0.25) is 4.90 Å². The van der Waals surface area contributed by atoms with Gasteiger partial charge in [0, 0.05) is 23.2 Å². The number of hydrogen-bond acceptors (Lipinski definition) is 2. The second-order valence-corrected chi connectivity index (χ2v) is 6.90. The van der Waals surface area contributed by atoms with E-state index in [1.807, 2.05) is 6.07 Å². The second-order valence-electron chi connectivity index (χ2n) is 6.47. The van der Waals surface area contributed by atoms with E-state index in [4.69, 9.17) is 11.6 Å². The van der Waals surface area contributed by atoms with Crippen molar-refractivity contribution in [2.75, 3.05) is 13.1 Å². The van der Waals surface area contributed by atoms with Crippen LogP contribution in [0.15, 0.2) is 18.2 Å². The summed E-state index contributed by atoms with van der Waals surface area (Å²) >= 11 is 6.08. The Kier molecular flexibility index (Phi) is 4.23. The lowest BCUT2D eigenvalue weighted by atomic mass is 9.74. The Morgan fingerprint density at radius 1 is 1.20 bits per heavy atom. The molecule has 0 amide bonds. The summed E-state index contributed by atoms with van der Waals surface area (Å²) in [6.45, 7) is 4.51. The summed E-state index contributed by atoms with van der Waals surface area (Å²) in [5.74, 6) is 2.18. The third-order valence-electron chi connectivity index (χ3n) is 5.31. The second kappa shape index (κ2) is 5.95. The molecule has 2 aliphatic rings. The van der Waals surface area contributed by atoms with Crippen molar-refractivity contribution in [2.24, 2.45) is 11.8 Å². The molecular formula is C17H24ClNO. The molecular weight excluding hydrogens is 270 g/mol. The van der Waals surface area contributed by atoms with Gasteiger partial charge >= 0.3 is 0 Å². The highest BCUT2D eigenvalue weighted by molar-refractivity contribution is 6.30. The van der Waals surface area contributed by atoms with E-state index in [-0.39, 0.29) is 6.04 Å². The molecule has 1 aromatic rings. The van der Waals surface area contributed by atoms with E-state index in [1.165, 1.54) is 38.6 Å². The van der Waals surface area contributed by atoms with Gasteiger partial charge in [-0.25, -0.2) is 0 Å². The van der Waals surface area contributed by atoms with Crippen LogP contribution in [0.25, 0.3) is 0 Å². The van der Waals surface area contributed by atoms with Crippen LogP contribution in [-0.4, -0.2) is 23.1 Å². The molecule has 3 unspecified atom stereocenters. The highest BCUT2D eigenvalue weighted by atomic mass is 35.5. The SMILES string of the molecule is CC(c1cc(Cl)ccc1O)N1CCC2CCCCC2C1. The zero-order chi connectivity index (χ0) is 14.1. The standard InChI is InChI=1S/C17H24ClNO/c1-12(16-10-15(18)6-7-17(16)20)19-9-8-13-4-2-3-5-14(13)11-19/h6-7,10,12-14,20H,2-5,8-9,11H2,1H3. The molecule has 1 saturated carbocycles. The first-order valence-electron chi connectivity index (χ1n) is 7.87. The zero-order valence-corrected chi connectivity index (χ0v) is 12.9. The molecule has 1 aromatic carbocycles. The quantitative estimate of drug-likeness (QED) is 0.860. The topological polar surface area (TPSA) is 23.5 Å². The Morgan fingerprint density at radius 3 is 2.75 bits per heavy atom. The fraction of sp³-hybridized carbons (Fsp3) is 0.647. The first-order valence-corrected chi connectivity index (χ1v) is 8.25. The number of halogens is 1. The molecule has 2 fully saturated rings. The van der Waals surface area contributed by atoms with Gasteiger partial charge in [-0.2, -0.15) is 0 Å². The molecule has 3 rings (SSSR count). The van der Waals surface area contributed by atoms with Crippen LogP contribution in [0.3, 0.4) is 0 Å². The molecule has 1 N–H and O–H groups in total. The van der Waals surface area contributed by atoms with Crippen molar-refractivity contribution in [1.29, 1.82) is 0 Å². The van der Waals surface area contributed by atoms with Crippen molar-refractivity contribution < 1.29 is 5.11 Å². The van der Waals surface area contributed by atoms with Gasteiger partial charge in [0.2, 0.25) is 0 Å². The fourth-order valence-electron chi connectivity index (χ4n) is 4.04. The van der Waals surface area contributed by atoms with Crippen LogP contribution in [-0.2, 0) is 0 Å². The lowest BCUT2D eigenvalue weighted by Gasteiger charge is -2.43. The number of likely N-dealkylation sites (tertiary alicyclic amines) is 1. The zero-order valence-electron chi connectivity index (χ0n) is 12.2. The number of nitrogens with zero attached hydrogens (tertiary/aromatic N) is 1. The van der Waals surface area contributed by atoms with E-state index in [0.29, 0.717) is 10.8 Å². The summed E-state index contributed by atoms with van der Waals surface area (Å²) in [5.41, 5.74) is 0.965. The van der Waals surface area contributed by atoms with Crippen LogP contribution in [0.2, 0.25) is 5.02 Å². The van der Waals surface area contributed by atoms with Gasteiger partial charge in [-0.1, -0.05) is 30.9 Å². The minimum Gasteiger partial charge on any atom is -0.508 e. The van der Waals surface area contributed by atoms with Crippen LogP contribution in [0.5, 0.6) is 5.75 Å². The molecule has 1 aliphatic heterocycles. The van der Waals surface area contributed by atoms with Crippen LogP contribution in [0.4, 0.5) is 0 Å². The van der Waals surface area contributed by atoms with Crippen LogP contribution in [0.1, 0.15) is 50.6 Å². The third-order valence-corrected chi connectivity index (χ3v) is 5.55. The molecule has 0 bridgehead atoms. The maximum atomic E-state index is 10.1. The number of fused-ring (bicyclic) bond motifs is 1. The van der Waals surface area contributed by atoms with Gasteiger partial charge in [-0.15, -0.1) is 0 Å². The van der Waals surface area contributed by atoms with E-state index in [1.54, 1.807) is 12.1 Å². The highest BCUT2D eigenvalue weighted by Gasteiger charge is 2.33. The van der Waals surface area contributed by atoms with Crippen LogP contribution >= 0.6 is 11.6 Å². The van der Waals surface area contributed by atoms with Crippen molar-refractivity contribution in [1.82, 2.24) is 4.90 Å². The molecule has 20 heavy (non-hydrogen) atoms. The third kappa shape index (κ3) is 2.82. The minimum atomic E-state index is 0.247. The summed E-state index contributed by atoms with van der Waals surface area (Å²) in [7, 11) is 0. The van der Waals surface area contributed by atoms with Crippen molar-refractivity contribution in [2.45, 2.75) is 45.1 Å². The minimum absolute atomic E-state index is 0.247. The fourth-order valence-corrected chi connectivity index (χ4v) is 4.22. The predicted octanol–water partition coefficient (Wildman–Crippen LogP) is 4.62. The first kappa shape index (κ1) is 14.2. The molecule has 0 aromatic heterocycles. The molecule has 0 radical (unpaired) electrons. The van der Waals surface area contributed by atoms with Gasteiger partial charge in [0.1, 0.15) is 5.75 Å². The van der Waals surface area contributed by atoms with E-state index >= 15 is 0 Å². The monoisotopic (exact) mass is 293 g/mol. The Hall–Kier alpha value is -0.730.